The van der Waals surface area contributed by atoms with Crippen LogP contribution < -0.4 is 29.0 Å². The highest BCUT2D eigenvalue weighted by Crippen LogP contribution is 2.22. The topological polar surface area (TPSA) is 119 Å². The summed E-state index contributed by atoms with van der Waals surface area (Å²) < 4.78 is 40.2. The lowest BCUT2D eigenvalue weighted by Crippen LogP contribution is -2.82. The molecule has 1 N–H and O–H groups in total. The van der Waals surface area contributed by atoms with Crippen LogP contribution in [0.15, 0.2) is 59.0 Å². The molecule has 1 aromatic heterocycles. The summed E-state index contributed by atoms with van der Waals surface area (Å²) in [5.74, 6) is 0.924. The zero-order valence-corrected chi connectivity index (χ0v) is 17.0. The minimum atomic E-state index is -4.94. The molecule has 1 fully saturated rings. The van der Waals surface area contributed by atoms with Gasteiger partial charge >= 0.3 is 0 Å². The maximum atomic E-state index is 8.49. The summed E-state index contributed by atoms with van der Waals surface area (Å²) in [6.07, 6.45) is 6.24. The summed E-state index contributed by atoms with van der Waals surface area (Å²) in [6, 6.07) is 19.7. The van der Waals surface area contributed by atoms with Gasteiger partial charge in [0.1, 0.15) is 11.3 Å². The lowest BCUT2D eigenvalue weighted by Gasteiger charge is -2.17. The van der Waals surface area contributed by atoms with Gasteiger partial charge in [0.2, 0.25) is 5.36 Å². The molecule has 0 aliphatic heterocycles. The van der Waals surface area contributed by atoms with Gasteiger partial charge in [0.05, 0.1) is 11.5 Å². The number of fused-ring (bicyclic) bond motifs is 1. The molecule has 1 aliphatic rings. The number of hydrogen-bond acceptors (Lipinski definition) is 5. The van der Waals surface area contributed by atoms with Crippen LogP contribution in [0, 0.1) is 10.2 Å². The van der Waals surface area contributed by atoms with Crippen LogP contribution in [0.25, 0.3) is 22.3 Å². The zero-order valence-electron chi connectivity index (χ0n) is 16.2. The van der Waals surface area contributed by atoms with Gasteiger partial charge in [-0.3, -0.25) is 0 Å². The van der Waals surface area contributed by atoms with E-state index in [1.165, 1.54) is 42.0 Å². The largest absolute Gasteiger partial charge is 0.456 e. The molecule has 1 aliphatic carbocycles. The van der Waals surface area contributed by atoms with Gasteiger partial charge in [0.25, 0.3) is 0 Å². The summed E-state index contributed by atoms with van der Waals surface area (Å²) >= 11 is 0. The Morgan fingerprint density at radius 1 is 0.966 bits per heavy atom. The molecule has 0 bridgehead atoms. The SMILES string of the molecule is CCc1ccc2oc(-c3ccccc3)cc(=[NH+]C3CCCC3)c2c1.[O-][Cl+3]([O-])([O-])[O-]. The quantitative estimate of drug-likeness (QED) is 0.576. The Kier molecular flexibility index (Phi) is 7.05. The molecule has 0 spiro atoms. The summed E-state index contributed by atoms with van der Waals surface area (Å²) in [5, 5.41) is 2.40. The second-order valence-corrected chi connectivity index (χ2v) is 7.83. The van der Waals surface area contributed by atoms with Crippen LogP contribution in [-0.4, -0.2) is 6.04 Å². The number of aryl methyl sites for hydroxylation is 1. The van der Waals surface area contributed by atoms with Crippen molar-refractivity contribution in [1.29, 1.82) is 0 Å². The third kappa shape index (κ3) is 6.39. The molecule has 1 heterocycles. The molecule has 6 nitrogen and oxygen atoms in total. The second kappa shape index (κ2) is 9.52. The molecule has 0 saturated heterocycles. The van der Waals surface area contributed by atoms with Crippen LogP contribution in [0.1, 0.15) is 38.2 Å². The number of halogens is 1. The third-order valence-corrected chi connectivity index (χ3v) is 5.01. The molecular formula is C22H24ClNO5. The maximum absolute atomic E-state index is 8.49. The predicted octanol–water partition coefficient (Wildman–Crippen LogP) is -1.17. The number of benzene rings is 2. The lowest BCUT2D eigenvalue weighted by molar-refractivity contribution is -2.00. The highest BCUT2D eigenvalue weighted by Gasteiger charge is 2.19. The Bertz CT molecular complexity index is 999. The summed E-state index contributed by atoms with van der Waals surface area (Å²) in [7, 11) is -4.94. The van der Waals surface area contributed by atoms with Crippen molar-refractivity contribution in [2.24, 2.45) is 0 Å². The fourth-order valence-corrected chi connectivity index (χ4v) is 3.61. The molecular weight excluding hydrogens is 394 g/mol. The van der Waals surface area contributed by atoms with Crippen LogP contribution in [0.5, 0.6) is 0 Å². The Morgan fingerprint density at radius 3 is 2.24 bits per heavy atom. The minimum absolute atomic E-state index is 0.588. The predicted molar refractivity (Wildman–Crippen MR) is 97.4 cm³/mol. The first kappa shape index (κ1) is 21.5. The van der Waals surface area contributed by atoms with Crippen molar-refractivity contribution >= 4 is 11.0 Å². The first-order valence-corrected chi connectivity index (χ1v) is 10.9. The van der Waals surface area contributed by atoms with E-state index < -0.39 is 10.2 Å². The van der Waals surface area contributed by atoms with Crippen molar-refractivity contribution in [2.75, 3.05) is 0 Å². The summed E-state index contributed by atoms with van der Waals surface area (Å²) in [5.41, 5.74) is 3.42. The van der Waals surface area contributed by atoms with E-state index in [-0.39, 0.29) is 0 Å². The lowest BCUT2D eigenvalue weighted by atomic mass is 10.1. The Balaban J connectivity index is 0.000000431. The van der Waals surface area contributed by atoms with Crippen molar-refractivity contribution in [2.45, 2.75) is 45.1 Å². The molecule has 154 valence electrons. The van der Waals surface area contributed by atoms with E-state index in [0.29, 0.717) is 6.04 Å². The Morgan fingerprint density at radius 2 is 1.62 bits per heavy atom. The molecule has 29 heavy (non-hydrogen) atoms. The normalized spacial score (nSPS) is 15.4. The molecule has 0 radical (unpaired) electrons. The molecule has 2 aromatic carbocycles. The monoisotopic (exact) mass is 417 g/mol. The van der Waals surface area contributed by atoms with Gasteiger partial charge in [-0.1, -0.05) is 43.3 Å². The highest BCUT2D eigenvalue weighted by atomic mass is 35.7. The minimum Gasteiger partial charge on any atom is -0.456 e. The van der Waals surface area contributed by atoms with E-state index in [0.717, 1.165) is 23.3 Å². The van der Waals surface area contributed by atoms with E-state index in [2.05, 4.69) is 60.4 Å². The summed E-state index contributed by atoms with van der Waals surface area (Å²) in [6.45, 7) is 2.20. The summed E-state index contributed by atoms with van der Waals surface area (Å²) in [4.78, 5) is 3.79. The zero-order chi connectivity index (χ0) is 20.9. The molecule has 0 atom stereocenters. The third-order valence-electron chi connectivity index (χ3n) is 5.01. The van der Waals surface area contributed by atoms with Crippen LogP contribution in [0.3, 0.4) is 0 Å². The van der Waals surface area contributed by atoms with Crippen LogP contribution >= 0.6 is 0 Å². The molecule has 0 amide bonds. The van der Waals surface area contributed by atoms with Crippen LogP contribution in [0.4, 0.5) is 0 Å². The fourth-order valence-electron chi connectivity index (χ4n) is 3.61. The van der Waals surface area contributed by atoms with E-state index >= 15 is 0 Å². The second-order valence-electron chi connectivity index (χ2n) is 7.08. The molecule has 4 rings (SSSR count). The molecule has 0 unspecified atom stereocenters. The first-order chi connectivity index (χ1) is 13.8. The Hall–Kier alpha value is -2.22. The van der Waals surface area contributed by atoms with Crippen molar-refractivity contribution in [1.82, 2.24) is 0 Å². The standard InChI is InChI=1S/C22H23NO.ClHO4/c1-2-16-12-13-21-19(14-16)20(23-18-10-6-7-11-18)15-22(24-21)17-8-4-3-5-9-17;2-1(3,4)5/h3-5,8-9,12-15,18H,2,6-7,10-11H2,1H3;(H,2,3,4,5). The van der Waals surface area contributed by atoms with Gasteiger partial charge < -0.3 is 4.42 Å². The van der Waals surface area contributed by atoms with Crippen molar-refractivity contribution in [3.05, 3.63) is 65.5 Å². The fraction of sp³-hybridized carbons (Fsp3) is 0.318. The maximum Gasteiger partial charge on any atom is 0.213 e. The van der Waals surface area contributed by atoms with Gasteiger partial charge in [0, 0.05) is 18.4 Å². The van der Waals surface area contributed by atoms with E-state index in [9.17, 15) is 0 Å². The van der Waals surface area contributed by atoms with Crippen LogP contribution in [0.2, 0.25) is 0 Å². The van der Waals surface area contributed by atoms with Gasteiger partial charge in [-0.05, 0) is 37.0 Å². The average Bonchev–Trinajstić information content (AvgIpc) is 3.20. The number of hydrogen-bond donors (Lipinski definition) is 1. The van der Waals surface area contributed by atoms with Gasteiger partial charge in [0.15, 0.2) is 6.04 Å². The van der Waals surface area contributed by atoms with Gasteiger partial charge in [-0.25, -0.2) is 23.6 Å². The number of rotatable bonds is 3. The molecule has 1 saturated carbocycles. The molecule has 3 aromatic rings. The van der Waals surface area contributed by atoms with Gasteiger partial charge in [-0.2, -0.15) is 0 Å². The van der Waals surface area contributed by atoms with E-state index in [1.54, 1.807) is 0 Å². The van der Waals surface area contributed by atoms with Crippen molar-refractivity contribution in [3.63, 3.8) is 0 Å². The highest BCUT2D eigenvalue weighted by molar-refractivity contribution is 5.78. The van der Waals surface area contributed by atoms with Crippen molar-refractivity contribution in [3.8, 4) is 11.3 Å². The van der Waals surface area contributed by atoms with Crippen molar-refractivity contribution < 1.29 is 38.3 Å². The smallest absolute Gasteiger partial charge is 0.213 e. The number of nitrogens with one attached hydrogen (secondary N) is 1. The van der Waals surface area contributed by atoms with E-state index in [4.69, 9.17) is 23.1 Å². The van der Waals surface area contributed by atoms with Crippen LogP contribution in [-0.2, 0) is 6.42 Å². The Labute approximate surface area is 171 Å². The average molecular weight is 418 g/mol. The first-order valence-electron chi connectivity index (χ1n) is 9.67. The molecule has 7 heteroatoms. The van der Waals surface area contributed by atoms with E-state index in [1.807, 2.05) is 6.07 Å². The van der Waals surface area contributed by atoms with Gasteiger partial charge in [-0.15, -0.1) is 10.2 Å².